The van der Waals surface area contributed by atoms with Crippen LogP contribution in [-0.2, 0) is 4.79 Å². The number of anilines is 2. The predicted molar refractivity (Wildman–Crippen MR) is 132 cm³/mol. The van der Waals surface area contributed by atoms with Gasteiger partial charge in [0, 0.05) is 24.5 Å². The largest absolute Gasteiger partial charge is 0.506 e. The number of hydrogen-bond donors (Lipinski definition) is 2. The molecular formula is C26H20N6O4. The lowest BCUT2D eigenvalue weighted by atomic mass is 10.1. The maximum Gasteiger partial charge on any atom is 0.272 e. The molecule has 2 aromatic carbocycles. The molecule has 0 bridgehead atoms. The van der Waals surface area contributed by atoms with Crippen LogP contribution in [0.25, 0.3) is 17.0 Å². The number of nitrogens with zero attached hydrogens (tertiary/aromatic N) is 5. The second-order valence-corrected chi connectivity index (χ2v) is 7.61. The highest BCUT2D eigenvalue weighted by molar-refractivity contribution is 6.11. The molecule has 0 atom stereocenters. The van der Waals surface area contributed by atoms with Crippen molar-refractivity contribution in [1.29, 1.82) is 5.26 Å². The first kappa shape index (κ1) is 23.8. The molecule has 0 radical (unpaired) electrons. The second kappa shape index (κ2) is 10.3. The van der Waals surface area contributed by atoms with Gasteiger partial charge in [0.1, 0.15) is 11.8 Å². The number of aromatic nitrogens is 3. The highest BCUT2D eigenvalue weighted by Gasteiger charge is 2.23. The average Bonchev–Trinajstić information content (AvgIpc) is 3.35. The molecule has 0 aliphatic rings. The molecule has 4 rings (SSSR count). The SMILES string of the molecule is Cc1oncc1/C(O)=C(\C#N)C(=O)Nc1ncc(C(=O)N(C)c2ccccc2)c(-c2ccccc2)n1. The van der Waals surface area contributed by atoms with Crippen LogP contribution >= 0.6 is 0 Å². The molecule has 2 amide bonds. The summed E-state index contributed by atoms with van der Waals surface area (Å²) in [6, 6.07) is 19.7. The molecule has 2 N–H and O–H groups in total. The van der Waals surface area contributed by atoms with Crippen molar-refractivity contribution in [3.63, 3.8) is 0 Å². The zero-order valence-electron chi connectivity index (χ0n) is 19.3. The van der Waals surface area contributed by atoms with Gasteiger partial charge >= 0.3 is 0 Å². The highest BCUT2D eigenvalue weighted by Crippen LogP contribution is 2.26. The third-order valence-electron chi connectivity index (χ3n) is 5.32. The molecule has 0 unspecified atom stereocenters. The summed E-state index contributed by atoms with van der Waals surface area (Å²) in [5.74, 6) is -1.79. The predicted octanol–water partition coefficient (Wildman–Crippen LogP) is 4.15. The van der Waals surface area contributed by atoms with Crippen LogP contribution in [0.5, 0.6) is 0 Å². The maximum absolute atomic E-state index is 13.3. The van der Waals surface area contributed by atoms with E-state index >= 15 is 0 Å². The van der Waals surface area contributed by atoms with Crippen molar-refractivity contribution in [1.82, 2.24) is 15.1 Å². The molecule has 10 heteroatoms. The lowest BCUT2D eigenvalue weighted by Gasteiger charge is -2.19. The van der Waals surface area contributed by atoms with Gasteiger partial charge in [-0.1, -0.05) is 53.7 Å². The molecule has 178 valence electrons. The number of hydrogen-bond acceptors (Lipinski definition) is 8. The first-order valence-electron chi connectivity index (χ1n) is 10.7. The Kier molecular flexibility index (Phi) is 6.83. The van der Waals surface area contributed by atoms with Crippen molar-refractivity contribution in [2.45, 2.75) is 6.92 Å². The maximum atomic E-state index is 13.3. The van der Waals surface area contributed by atoms with E-state index in [9.17, 15) is 20.0 Å². The molecule has 0 fully saturated rings. The van der Waals surface area contributed by atoms with E-state index in [1.165, 1.54) is 24.2 Å². The summed E-state index contributed by atoms with van der Waals surface area (Å²) in [4.78, 5) is 36.1. The van der Waals surface area contributed by atoms with Crippen molar-refractivity contribution in [3.05, 3.63) is 95.5 Å². The monoisotopic (exact) mass is 480 g/mol. The van der Waals surface area contributed by atoms with Gasteiger partial charge in [-0.3, -0.25) is 14.9 Å². The van der Waals surface area contributed by atoms with Crippen molar-refractivity contribution in [3.8, 4) is 17.3 Å². The van der Waals surface area contributed by atoms with Crippen LogP contribution in [0.2, 0.25) is 0 Å². The molecule has 0 aliphatic heterocycles. The third-order valence-corrected chi connectivity index (χ3v) is 5.32. The molecule has 4 aromatic rings. The fraction of sp³-hybridized carbons (Fsp3) is 0.0769. The standard InChI is InChI=1S/C26H20N6O4/c1-16-20(15-29-36-16)23(33)19(13-27)24(34)31-26-28-14-21(22(30-26)17-9-5-3-6-10-17)25(35)32(2)18-11-7-4-8-12-18/h3-12,14-15,33H,1-2H3,(H,28,30,31,34)/b23-19-. The topological polar surface area (TPSA) is 145 Å². The number of carbonyl (C=O) groups excluding carboxylic acids is 2. The molecule has 2 heterocycles. The zero-order chi connectivity index (χ0) is 25.7. The summed E-state index contributed by atoms with van der Waals surface area (Å²) in [7, 11) is 1.64. The first-order chi connectivity index (χ1) is 17.4. The average molecular weight is 480 g/mol. The number of nitrogens with one attached hydrogen (secondary N) is 1. The van der Waals surface area contributed by atoms with Crippen molar-refractivity contribution in [2.24, 2.45) is 0 Å². The normalized spacial score (nSPS) is 11.2. The Morgan fingerprint density at radius 1 is 1.03 bits per heavy atom. The lowest BCUT2D eigenvalue weighted by Crippen LogP contribution is -2.27. The minimum Gasteiger partial charge on any atom is -0.506 e. The van der Waals surface area contributed by atoms with Gasteiger partial charge in [0.05, 0.1) is 23.0 Å². The van der Waals surface area contributed by atoms with E-state index in [1.54, 1.807) is 49.5 Å². The minimum atomic E-state index is -0.935. The third kappa shape index (κ3) is 4.80. The molecule has 0 aliphatic carbocycles. The molecule has 0 saturated carbocycles. The molecule has 2 aromatic heterocycles. The van der Waals surface area contributed by atoms with Crippen LogP contribution in [0.3, 0.4) is 0 Å². The minimum absolute atomic E-state index is 0.109. The summed E-state index contributed by atoms with van der Waals surface area (Å²) in [5, 5.41) is 25.9. The van der Waals surface area contributed by atoms with E-state index in [1.807, 2.05) is 24.3 Å². The van der Waals surface area contributed by atoms with Crippen LogP contribution < -0.4 is 10.2 Å². The summed E-state index contributed by atoms with van der Waals surface area (Å²) in [6.07, 6.45) is 2.51. The van der Waals surface area contributed by atoms with Crippen LogP contribution in [0.1, 0.15) is 21.7 Å². The van der Waals surface area contributed by atoms with E-state index in [-0.39, 0.29) is 34.4 Å². The molecule has 36 heavy (non-hydrogen) atoms. The van der Waals surface area contributed by atoms with E-state index < -0.39 is 17.2 Å². The number of rotatable bonds is 6. The van der Waals surface area contributed by atoms with Crippen molar-refractivity contribution < 1.29 is 19.2 Å². The molecule has 0 spiro atoms. The Morgan fingerprint density at radius 2 is 1.69 bits per heavy atom. The van der Waals surface area contributed by atoms with Crippen molar-refractivity contribution in [2.75, 3.05) is 17.3 Å². The van der Waals surface area contributed by atoms with Crippen LogP contribution in [-0.4, -0.2) is 39.1 Å². The van der Waals surface area contributed by atoms with Crippen LogP contribution in [0, 0.1) is 18.3 Å². The number of aliphatic hydroxyl groups excluding tert-OH is 1. The number of amides is 2. The fourth-order valence-corrected chi connectivity index (χ4v) is 3.40. The second-order valence-electron chi connectivity index (χ2n) is 7.61. The Labute approximate surface area is 206 Å². The van der Waals surface area contributed by atoms with Gasteiger partial charge in [-0.05, 0) is 19.1 Å². The lowest BCUT2D eigenvalue weighted by molar-refractivity contribution is -0.112. The van der Waals surface area contributed by atoms with Crippen molar-refractivity contribution >= 4 is 29.2 Å². The number of nitriles is 1. The van der Waals surface area contributed by atoms with Gasteiger partial charge in [-0.2, -0.15) is 5.26 Å². The van der Waals surface area contributed by atoms with Crippen LogP contribution in [0.15, 0.2) is 83.2 Å². The summed E-state index contributed by atoms with van der Waals surface area (Å²) in [5.41, 5.74) is 1.34. The summed E-state index contributed by atoms with van der Waals surface area (Å²) >= 11 is 0. The van der Waals surface area contributed by atoms with Gasteiger partial charge < -0.3 is 14.5 Å². The van der Waals surface area contributed by atoms with Gasteiger partial charge in [0.15, 0.2) is 11.3 Å². The molecule has 0 saturated heterocycles. The Morgan fingerprint density at radius 3 is 2.31 bits per heavy atom. The number of aryl methyl sites for hydroxylation is 1. The Balaban J connectivity index is 1.71. The summed E-state index contributed by atoms with van der Waals surface area (Å²) in [6.45, 7) is 1.53. The number of aliphatic hydroxyl groups is 1. The summed E-state index contributed by atoms with van der Waals surface area (Å²) < 4.78 is 4.88. The quantitative estimate of drug-likeness (QED) is 0.238. The van der Waals surface area contributed by atoms with Gasteiger partial charge in [0.2, 0.25) is 5.95 Å². The fourth-order valence-electron chi connectivity index (χ4n) is 3.40. The van der Waals surface area contributed by atoms with Gasteiger partial charge in [-0.15, -0.1) is 0 Å². The van der Waals surface area contributed by atoms with E-state index in [4.69, 9.17) is 4.52 Å². The first-order valence-corrected chi connectivity index (χ1v) is 10.7. The Bertz CT molecular complexity index is 1490. The van der Waals surface area contributed by atoms with E-state index in [0.29, 0.717) is 11.3 Å². The molecule has 10 nitrogen and oxygen atoms in total. The number of para-hydroxylation sites is 1. The van der Waals surface area contributed by atoms with E-state index in [2.05, 4.69) is 20.4 Å². The smallest absolute Gasteiger partial charge is 0.272 e. The zero-order valence-corrected chi connectivity index (χ0v) is 19.3. The number of carbonyl (C=O) groups is 2. The Hall–Kier alpha value is -5.30. The van der Waals surface area contributed by atoms with Gasteiger partial charge in [0.25, 0.3) is 11.8 Å². The van der Waals surface area contributed by atoms with Gasteiger partial charge in [-0.25, -0.2) is 9.97 Å². The van der Waals surface area contributed by atoms with E-state index in [0.717, 1.165) is 0 Å². The highest BCUT2D eigenvalue weighted by atomic mass is 16.5. The number of benzene rings is 2. The van der Waals surface area contributed by atoms with Crippen LogP contribution in [0.4, 0.5) is 11.6 Å². The molecular weight excluding hydrogens is 460 g/mol.